The molecule has 7 heteroatoms. The number of carbonyl (C=O) groups excluding carboxylic acids is 1. The van der Waals surface area contributed by atoms with E-state index in [1.54, 1.807) is 18.2 Å². The van der Waals surface area contributed by atoms with Gasteiger partial charge in [0.05, 0.1) is 28.2 Å². The molecule has 3 N–H and O–H groups in total. The van der Waals surface area contributed by atoms with E-state index in [9.17, 15) is 4.79 Å². The second-order valence-corrected chi connectivity index (χ2v) is 5.37. The molecule has 0 aliphatic rings. The van der Waals surface area contributed by atoms with Crippen molar-refractivity contribution in [2.45, 2.75) is 0 Å². The molecule has 0 aliphatic carbocycles. The van der Waals surface area contributed by atoms with Crippen molar-refractivity contribution in [2.24, 2.45) is 0 Å². The van der Waals surface area contributed by atoms with E-state index in [1.165, 1.54) is 12.3 Å². The van der Waals surface area contributed by atoms with Gasteiger partial charge in [-0.25, -0.2) is 4.98 Å². The summed E-state index contributed by atoms with van der Waals surface area (Å²) in [5, 5.41) is 3.16. The number of nitrogens with two attached hydrogens (primary N) is 1. The topological polar surface area (TPSA) is 68.0 Å². The zero-order valence-corrected chi connectivity index (χ0v) is 12.6. The summed E-state index contributed by atoms with van der Waals surface area (Å²) >= 11 is 15.1. The molecule has 2 rings (SSSR count). The van der Waals surface area contributed by atoms with Crippen molar-refractivity contribution in [3.05, 3.63) is 50.7 Å². The number of aromatic nitrogens is 1. The Morgan fingerprint density at radius 3 is 2.79 bits per heavy atom. The molecule has 0 fully saturated rings. The van der Waals surface area contributed by atoms with Crippen LogP contribution in [0, 0.1) is 0 Å². The van der Waals surface area contributed by atoms with E-state index in [1.807, 2.05) is 0 Å². The number of halogens is 3. The van der Waals surface area contributed by atoms with Crippen molar-refractivity contribution in [1.29, 1.82) is 0 Å². The summed E-state index contributed by atoms with van der Waals surface area (Å²) in [6.45, 7) is 0. The Labute approximate surface area is 128 Å². The molecular formula is C12H8BrCl2N3O. The van der Waals surface area contributed by atoms with Gasteiger partial charge in [-0.1, -0.05) is 39.1 Å². The standard InChI is InChI=1S/C12H8BrCl2N3O/c13-6-1-2-9(14)10(3-6)18-12(19)8-4-7(16)5-17-11(8)15/h1-5H,16H2,(H,18,19). The number of nitrogens with zero attached hydrogens (tertiary/aromatic N) is 1. The second-order valence-electron chi connectivity index (χ2n) is 3.69. The van der Waals surface area contributed by atoms with E-state index in [2.05, 4.69) is 26.2 Å². The predicted molar refractivity (Wildman–Crippen MR) is 80.8 cm³/mol. The van der Waals surface area contributed by atoms with Gasteiger partial charge in [0, 0.05) is 4.47 Å². The average molecular weight is 361 g/mol. The molecule has 19 heavy (non-hydrogen) atoms. The maximum atomic E-state index is 12.1. The van der Waals surface area contributed by atoms with Gasteiger partial charge in [-0.15, -0.1) is 0 Å². The van der Waals surface area contributed by atoms with Gasteiger partial charge in [0.2, 0.25) is 0 Å². The molecule has 1 aromatic carbocycles. The van der Waals surface area contributed by atoms with Crippen LogP contribution in [0.4, 0.5) is 11.4 Å². The Bertz CT molecular complexity index is 649. The Kier molecular flexibility index (Phi) is 4.29. The number of amides is 1. The normalized spacial score (nSPS) is 10.3. The highest BCUT2D eigenvalue weighted by molar-refractivity contribution is 9.10. The zero-order chi connectivity index (χ0) is 14.0. The predicted octanol–water partition coefficient (Wildman–Crippen LogP) is 3.99. The quantitative estimate of drug-likeness (QED) is 0.795. The minimum atomic E-state index is -0.426. The Morgan fingerprint density at radius 1 is 1.32 bits per heavy atom. The maximum absolute atomic E-state index is 12.1. The average Bonchev–Trinajstić information content (AvgIpc) is 2.36. The molecule has 98 valence electrons. The van der Waals surface area contributed by atoms with Gasteiger partial charge in [0.1, 0.15) is 5.15 Å². The smallest absolute Gasteiger partial charge is 0.258 e. The molecule has 0 radical (unpaired) electrons. The van der Waals surface area contributed by atoms with Crippen LogP contribution in [0.3, 0.4) is 0 Å². The number of rotatable bonds is 2. The van der Waals surface area contributed by atoms with Crippen LogP contribution in [0.5, 0.6) is 0 Å². The number of hydrogen-bond acceptors (Lipinski definition) is 3. The second kappa shape index (κ2) is 5.77. The fourth-order valence-electron chi connectivity index (χ4n) is 1.41. The van der Waals surface area contributed by atoms with Crippen LogP contribution in [0.25, 0.3) is 0 Å². The summed E-state index contributed by atoms with van der Waals surface area (Å²) in [7, 11) is 0. The highest BCUT2D eigenvalue weighted by Crippen LogP contribution is 2.27. The number of nitrogen functional groups attached to an aromatic ring is 1. The molecule has 0 bridgehead atoms. The first-order valence-electron chi connectivity index (χ1n) is 5.15. The monoisotopic (exact) mass is 359 g/mol. The third kappa shape index (κ3) is 3.37. The van der Waals surface area contributed by atoms with Gasteiger partial charge in [0.25, 0.3) is 5.91 Å². The van der Waals surface area contributed by atoms with Gasteiger partial charge < -0.3 is 11.1 Å². The number of benzene rings is 1. The molecule has 1 heterocycles. The summed E-state index contributed by atoms with van der Waals surface area (Å²) in [5.74, 6) is -0.426. The number of anilines is 2. The summed E-state index contributed by atoms with van der Waals surface area (Å²) in [6, 6.07) is 6.58. The zero-order valence-electron chi connectivity index (χ0n) is 9.45. The van der Waals surface area contributed by atoms with Crippen LogP contribution >= 0.6 is 39.1 Å². The highest BCUT2D eigenvalue weighted by Gasteiger charge is 2.13. The Balaban J connectivity index is 2.30. The fourth-order valence-corrected chi connectivity index (χ4v) is 2.12. The SMILES string of the molecule is Nc1cnc(Cl)c(C(=O)Nc2cc(Br)ccc2Cl)c1. The van der Waals surface area contributed by atoms with Crippen molar-refractivity contribution in [1.82, 2.24) is 4.98 Å². The molecule has 0 unspecified atom stereocenters. The van der Waals surface area contributed by atoms with Crippen LogP contribution in [-0.4, -0.2) is 10.9 Å². The van der Waals surface area contributed by atoms with Crippen LogP contribution < -0.4 is 11.1 Å². The van der Waals surface area contributed by atoms with Crippen molar-refractivity contribution < 1.29 is 4.79 Å². The van der Waals surface area contributed by atoms with Gasteiger partial charge in [-0.2, -0.15) is 0 Å². The summed E-state index contributed by atoms with van der Waals surface area (Å²) in [4.78, 5) is 15.9. The van der Waals surface area contributed by atoms with E-state index in [-0.39, 0.29) is 10.7 Å². The minimum absolute atomic E-state index is 0.0813. The first-order valence-corrected chi connectivity index (χ1v) is 6.69. The summed E-state index contributed by atoms with van der Waals surface area (Å²) < 4.78 is 0.795. The molecule has 1 aromatic heterocycles. The van der Waals surface area contributed by atoms with Crippen LogP contribution in [-0.2, 0) is 0 Å². The fraction of sp³-hybridized carbons (Fsp3) is 0. The largest absolute Gasteiger partial charge is 0.397 e. The third-order valence-electron chi connectivity index (χ3n) is 2.28. The lowest BCUT2D eigenvalue weighted by atomic mass is 10.2. The van der Waals surface area contributed by atoms with Gasteiger partial charge >= 0.3 is 0 Å². The minimum Gasteiger partial charge on any atom is -0.397 e. The van der Waals surface area contributed by atoms with Gasteiger partial charge in [-0.3, -0.25) is 4.79 Å². The van der Waals surface area contributed by atoms with Crippen molar-refractivity contribution in [2.75, 3.05) is 11.1 Å². The lowest BCUT2D eigenvalue weighted by Crippen LogP contribution is -2.13. The number of carbonyl (C=O) groups is 1. The molecule has 0 saturated carbocycles. The molecule has 0 aliphatic heterocycles. The van der Waals surface area contributed by atoms with Crippen molar-refractivity contribution >= 4 is 56.4 Å². The van der Waals surface area contributed by atoms with E-state index in [4.69, 9.17) is 28.9 Å². The summed E-state index contributed by atoms with van der Waals surface area (Å²) in [5.41, 5.74) is 6.60. The van der Waals surface area contributed by atoms with E-state index in [0.717, 1.165) is 4.47 Å². The van der Waals surface area contributed by atoms with E-state index in [0.29, 0.717) is 16.4 Å². The molecule has 0 spiro atoms. The maximum Gasteiger partial charge on any atom is 0.258 e. The Hall–Kier alpha value is -1.30. The van der Waals surface area contributed by atoms with Gasteiger partial charge in [0.15, 0.2) is 0 Å². The summed E-state index contributed by atoms with van der Waals surface area (Å²) in [6.07, 6.45) is 1.38. The number of pyridine rings is 1. The first kappa shape index (κ1) is 14.1. The Morgan fingerprint density at radius 2 is 2.05 bits per heavy atom. The molecule has 4 nitrogen and oxygen atoms in total. The van der Waals surface area contributed by atoms with E-state index < -0.39 is 5.91 Å². The van der Waals surface area contributed by atoms with Gasteiger partial charge in [-0.05, 0) is 24.3 Å². The molecule has 0 saturated heterocycles. The number of nitrogens with one attached hydrogen (secondary N) is 1. The lowest BCUT2D eigenvalue weighted by Gasteiger charge is -2.09. The lowest BCUT2D eigenvalue weighted by molar-refractivity contribution is 0.102. The van der Waals surface area contributed by atoms with Crippen LogP contribution in [0.2, 0.25) is 10.2 Å². The first-order chi connectivity index (χ1) is 8.97. The highest BCUT2D eigenvalue weighted by atomic mass is 79.9. The van der Waals surface area contributed by atoms with Crippen LogP contribution in [0.15, 0.2) is 34.9 Å². The third-order valence-corrected chi connectivity index (χ3v) is 3.41. The van der Waals surface area contributed by atoms with Crippen molar-refractivity contribution in [3.63, 3.8) is 0 Å². The molecule has 0 atom stereocenters. The van der Waals surface area contributed by atoms with Crippen molar-refractivity contribution in [3.8, 4) is 0 Å². The molecular weight excluding hydrogens is 353 g/mol. The van der Waals surface area contributed by atoms with E-state index >= 15 is 0 Å². The molecule has 1 amide bonds. The number of hydrogen-bond donors (Lipinski definition) is 2. The molecule has 2 aromatic rings. The van der Waals surface area contributed by atoms with Crippen LogP contribution in [0.1, 0.15) is 10.4 Å².